The van der Waals surface area contributed by atoms with E-state index in [1.54, 1.807) is 13.8 Å². The topological polar surface area (TPSA) is 99.3 Å². The molecular formula is C16H26N4O4. The summed E-state index contributed by atoms with van der Waals surface area (Å²) < 4.78 is 7.19. The fourth-order valence-corrected chi connectivity index (χ4v) is 3.26. The van der Waals surface area contributed by atoms with E-state index in [0.717, 1.165) is 6.42 Å². The molecule has 1 fully saturated rings. The van der Waals surface area contributed by atoms with Crippen molar-refractivity contribution in [1.29, 1.82) is 0 Å². The van der Waals surface area contributed by atoms with Crippen LogP contribution in [0.15, 0.2) is 0 Å². The van der Waals surface area contributed by atoms with Crippen LogP contribution in [0.2, 0.25) is 0 Å². The lowest BCUT2D eigenvalue weighted by Gasteiger charge is -2.51. The number of rotatable bonds is 7. The predicted octanol–water partition coefficient (Wildman–Crippen LogP) is 2.12. The molecule has 8 nitrogen and oxygen atoms in total. The maximum atomic E-state index is 12.2. The van der Waals surface area contributed by atoms with Gasteiger partial charge in [-0.2, -0.15) is 5.10 Å². The Labute approximate surface area is 141 Å². The molecule has 1 aromatic heterocycles. The molecule has 1 aromatic rings. The average Bonchev–Trinajstić information content (AvgIpc) is 2.78. The third-order valence-electron chi connectivity index (χ3n) is 4.96. The Bertz CT molecular complexity index is 638. The van der Waals surface area contributed by atoms with Crippen LogP contribution < -0.4 is 5.32 Å². The fraction of sp³-hybridized carbons (Fsp3) is 0.750. The molecule has 0 bridgehead atoms. The summed E-state index contributed by atoms with van der Waals surface area (Å²) in [6.07, 6.45) is 1.23. The molecule has 0 spiro atoms. The van der Waals surface area contributed by atoms with E-state index in [1.165, 1.54) is 4.68 Å². The second-order valence-corrected chi connectivity index (χ2v) is 6.87. The van der Waals surface area contributed by atoms with Crippen LogP contribution in [0.25, 0.3) is 0 Å². The molecule has 1 aliphatic rings. The molecule has 1 heterocycles. The second kappa shape index (κ2) is 6.88. The van der Waals surface area contributed by atoms with E-state index in [9.17, 15) is 14.9 Å². The molecular weight excluding hydrogens is 312 g/mol. The first-order valence-electron chi connectivity index (χ1n) is 8.27. The van der Waals surface area contributed by atoms with Gasteiger partial charge in [-0.3, -0.25) is 19.6 Å². The Balaban J connectivity index is 1.89. The van der Waals surface area contributed by atoms with Crippen molar-refractivity contribution in [1.82, 2.24) is 15.1 Å². The summed E-state index contributed by atoms with van der Waals surface area (Å²) in [5, 5.41) is 18.2. The smallest absolute Gasteiger partial charge is 0.312 e. The van der Waals surface area contributed by atoms with Crippen molar-refractivity contribution in [3.63, 3.8) is 0 Å². The highest BCUT2D eigenvalue weighted by Gasteiger charge is 2.49. The normalized spacial score (nSPS) is 22.0. The Morgan fingerprint density at radius 3 is 2.67 bits per heavy atom. The lowest BCUT2D eigenvalue weighted by Crippen LogP contribution is -2.62. The van der Waals surface area contributed by atoms with Gasteiger partial charge in [0.25, 0.3) is 0 Å². The lowest BCUT2D eigenvalue weighted by molar-refractivity contribution is -0.386. The summed E-state index contributed by atoms with van der Waals surface area (Å²) in [6.45, 7) is 10.4. The quantitative estimate of drug-likeness (QED) is 0.606. The van der Waals surface area contributed by atoms with Gasteiger partial charge >= 0.3 is 5.69 Å². The summed E-state index contributed by atoms with van der Waals surface area (Å²) in [6, 6.07) is 0.0938. The van der Waals surface area contributed by atoms with Gasteiger partial charge in [-0.05, 0) is 27.2 Å². The van der Waals surface area contributed by atoms with Gasteiger partial charge in [-0.25, -0.2) is 0 Å². The van der Waals surface area contributed by atoms with E-state index in [2.05, 4.69) is 24.3 Å². The zero-order chi connectivity index (χ0) is 18.1. The molecule has 1 N–H and O–H groups in total. The first kappa shape index (κ1) is 18.4. The molecule has 2 unspecified atom stereocenters. The Morgan fingerprint density at radius 2 is 2.17 bits per heavy atom. The number of nitro groups is 1. The maximum absolute atomic E-state index is 12.2. The van der Waals surface area contributed by atoms with Crippen LogP contribution in [-0.2, 0) is 16.1 Å². The van der Waals surface area contributed by atoms with Crippen molar-refractivity contribution in [3.8, 4) is 0 Å². The summed E-state index contributed by atoms with van der Waals surface area (Å²) >= 11 is 0. The molecule has 2 atom stereocenters. The predicted molar refractivity (Wildman–Crippen MR) is 88.7 cm³/mol. The average molecular weight is 338 g/mol. The van der Waals surface area contributed by atoms with Crippen LogP contribution in [0.4, 0.5) is 5.69 Å². The van der Waals surface area contributed by atoms with Gasteiger partial charge in [0.2, 0.25) is 5.91 Å². The van der Waals surface area contributed by atoms with E-state index >= 15 is 0 Å². The molecule has 0 radical (unpaired) electrons. The van der Waals surface area contributed by atoms with Crippen LogP contribution in [0.3, 0.4) is 0 Å². The number of nitrogens with zero attached hydrogens (tertiary/aromatic N) is 3. The molecule has 0 aliphatic heterocycles. The number of carbonyl (C=O) groups excluding carboxylic acids is 1. The Hall–Kier alpha value is -1.96. The zero-order valence-electron chi connectivity index (χ0n) is 15.0. The van der Waals surface area contributed by atoms with E-state index < -0.39 is 4.92 Å². The van der Waals surface area contributed by atoms with Gasteiger partial charge in [0.1, 0.15) is 11.4 Å². The molecule has 1 aliphatic carbocycles. The van der Waals surface area contributed by atoms with E-state index in [4.69, 9.17) is 4.74 Å². The zero-order valence-corrected chi connectivity index (χ0v) is 15.0. The van der Waals surface area contributed by atoms with Crippen molar-refractivity contribution >= 4 is 11.6 Å². The number of carbonyl (C=O) groups is 1. The molecule has 2 rings (SSSR count). The van der Waals surface area contributed by atoms with Crippen molar-refractivity contribution < 1.29 is 14.5 Å². The van der Waals surface area contributed by atoms with Crippen LogP contribution >= 0.6 is 0 Å². The first-order valence-corrected chi connectivity index (χ1v) is 8.27. The molecule has 1 amide bonds. The Kier molecular flexibility index (Phi) is 5.27. The largest absolute Gasteiger partial charge is 0.378 e. The monoisotopic (exact) mass is 338 g/mol. The highest BCUT2D eigenvalue weighted by Crippen LogP contribution is 2.42. The summed E-state index contributed by atoms with van der Waals surface area (Å²) in [5.74, 6) is -0.0711. The molecule has 0 saturated heterocycles. The molecule has 1 saturated carbocycles. The number of hydrogen-bond acceptors (Lipinski definition) is 5. The second-order valence-electron chi connectivity index (χ2n) is 6.87. The molecule has 134 valence electrons. The van der Waals surface area contributed by atoms with Crippen molar-refractivity contribution in [2.24, 2.45) is 5.41 Å². The molecule has 0 aromatic carbocycles. The summed E-state index contributed by atoms with van der Waals surface area (Å²) in [4.78, 5) is 22.8. The van der Waals surface area contributed by atoms with E-state index in [-0.39, 0.29) is 35.6 Å². The van der Waals surface area contributed by atoms with Crippen molar-refractivity contribution in [2.75, 3.05) is 6.61 Å². The highest BCUT2D eigenvalue weighted by molar-refractivity contribution is 5.76. The fourth-order valence-electron chi connectivity index (χ4n) is 3.26. The van der Waals surface area contributed by atoms with Gasteiger partial charge < -0.3 is 10.1 Å². The standard InChI is InChI=1S/C16H26N4O4/c1-6-24-13-9-12(16(13,4)5)17-14(21)7-8-19-11(3)15(20(22)23)10(2)18-19/h12-13H,6-9H2,1-5H3,(H,17,21). The first-order chi connectivity index (χ1) is 11.2. The minimum Gasteiger partial charge on any atom is -0.378 e. The van der Waals surface area contributed by atoms with Gasteiger partial charge in [0.05, 0.1) is 17.6 Å². The van der Waals surface area contributed by atoms with Gasteiger partial charge in [0.15, 0.2) is 0 Å². The van der Waals surface area contributed by atoms with E-state index in [0.29, 0.717) is 24.5 Å². The highest BCUT2D eigenvalue weighted by atomic mass is 16.6. The van der Waals surface area contributed by atoms with Crippen molar-refractivity contribution in [2.45, 2.75) is 66.2 Å². The van der Waals surface area contributed by atoms with Crippen LogP contribution in [0, 0.1) is 29.4 Å². The minimum absolute atomic E-state index is 0.0232. The van der Waals surface area contributed by atoms with Gasteiger partial charge in [0, 0.05) is 24.5 Å². The number of ether oxygens (including phenoxy) is 1. The lowest BCUT2D eigenvalue weighted by atomic mass is 9.64. The summed E-state index contributed by atoms with van der Waals surface area (Å²) in [5.41, 5.74) is 0.793. The Morgan fingerprint density at radius 1 is 1.50 bits per heavy atom. The van der Waals surface area contributed by atoms with Gasteiger partial charge in [-0.1, -0.05) is 13.8 Å². The third-order valence-corrected chi connectivity index (χ3v) is 4.96. The number of hydrogen-bond donors (Lipinski definition) is 1. The summed E-state index contributed by atoms with van der Waals surface area (Å²) in [7, 11) is 0. The van der Waals surface area contributed by atoms with Crippen LogP contribution in [-0.4, -0.2) is 39.4 Å². The number of aryl methyl sites for hydroxylation is 2. The van der Waals surface area contributed by atoms with Crippen molar-refractivity contribution in [3.05, 3.63) is 21.5 Å². The van der Waals surface area contributed by atoms with Gasteiger partial charge in [-0.15, -0.1) is 0 Å². The van der Waals surface area contributed by atoms with Crippen LogP contribution in [0.1, 0.15) is 45.0 Å². The number of aromatic nitrogens is 2. The molecule has 24 heavy (non-hydrogen) atoms. The SMILES string of the molecule is CCOC1CC(NC(=O)CCn2nc(C)c([N+](=O)[O-])c2C)C1(C)C. The third kappa shape index (κ3) is 3.43. The number of nitrogens with one attached hydrogen (secondary N) is 1. The van der Waals surface area contributed by atoms with E-state index in [1.807, 2.05) is 6.92 Å². The number of amides is 1. The maximum Gasteiger partial charge on any atom is 0.312 e. The van der Waals surface area contributed by atoms with Crippen LogP contribution in [0.5, 0.6) is 0 Å². The molecule has 8 heteroatoms. The minimum atomic E-state index is -0.432.